The van der Waals surface area contributed by atoms with Crippen LogP contribution >= 0.6 is 0 Å². The van der Waals surface area contributed by atoms with E-state index in [1.54, 1.807) is 7.11 Å². The van der Waals surface area contributed by atoms with E-state index in [9.17, 15) is 0 Å². The molecule has 5 heteroatoms. The van der Waals surface area contributed by atoms with Crippen LogP contribution < -0.4 is 0 Å². The van der Waals surface area contributed by atoms with Gasteiger partial charge in [0.15, 0.2) is 0 Å². The van der Waals surface area contributed by atoms with Gasteiger partial charge in [-0.3, -0.25) is 0 Å². The van der Waals surface area contributed by atoms with E-state index in [1.807, 2.05) is 0 Å². The Morgan fingerprint density at radius 2 is 1.76 bits per heavy atom. The topological polar surface area (TPSA) is 49.5 Å². The number of hydrogen-bond donors (Lipinski definition) is 0. The number of rotatable bonds is 12. The molecule has 0 saturated carbocycles. The lowest BCUT2D eigenvalue weighted by atomic mass is 10.3. The second-order valence-corrected chi connectivity index (χ2v) is 3.98. The van der Waals surface area contributed by atoms with Crippen molar-refractivity contribution in [3.63, 3.8) is 0 Å². The Labute approximate surface area is 103 Å². The summed E-state index contributed by atoms with van der Waals surface area (Å²) in [5.74, 6) is 0. The van der Waals surface area contributed by atoms with Gasteiger partial charge in [-0.15, -0.1) is 0 Å². The maximum absolute atomic E-state index is 5.42. The van der Waals surface area contributed by atoms with E-state index < -0.39 is 0 Å². The van der Waals surface area contributed by atoms with Crippen LogP contribution in [-0.2, 0) is 23.7 Å². The largest absolute Gasteiger partial charge is 0.379 e. The highest BCUT2D eigenvalue weighted by molar-refractivity contribution is 4.66. The predicted molar refractivity (Wildman–Crippen MR) is 63.3 cm³/mol. The highest BCUT2D eigenvalue weighted by atomic mass is 16.6. The normalized spacial score (nSPS) is 20.5. The minimum Gasteiger partial charge on any atom is -0.379 e. The summed E-state index contributed by atoms with van der Waals surface area (Å²) in [6.07, 6.45) is 1.49. The predicted octanol–water partition coefficient (Wildman–Crippen LogP) is 0.860. The number of methoxy groups -OCH3 is 1. The van der Waals surface area contributed by atoms with Gasteiger partial charge in [0.05, 0.1) is 52.4 Å². The van der Waals surface area contributed by atoms with Crippen LogP contribution in [0.4, 0.5) is 0 Å². The van der Waals surface area contributed by atoms with Crippen LogP contribution in [0.1, 0.15) is 13.3 Å². The molecule has 17 heavy (non-hydrogen) atoms. The molecule has 0 radical (unpaired) electrons. The van der Waals surface area contributed by atoms with Gasteiger partial charge in [0.1, 0.15) is 6.10 Å². The molecule has 0 amide bonds. The first-order valence-electron chi connectivity index (χ1n) is 6.24. The molecule has 0 aromatic heterocycles. The Kier molecular flexibility index (Phi) is 8.56. The van der Waals surface area contributed by atoms with Crippen molar-refractivity contribution in [3.8, 4) is 0 Å². The molecule has 5 nitrogen and oxygen atoms in total. The van der Waals surface area contributed by atoms with Gasteiger partial charge in [-0.25, -0.2) is 0 Å². The fourth-order valence-electron chi connectivity index (χ4n) is 1.28. The average molecular weight is 248 g/mol. The summed E-state index contributed by atoms with van der Waals surface area (Å²) < 4.78 is 26.3. The maximum Gasteiger partial charge on any atom is 0.104 e. The molecule has 1 rings (SSSR count). The fourth-order valence-corrected chi connectivity index (χ4v) is 1.28. The highest BCUT2D eigenvalue weighted by Gasteiger charge is 2.21. The van der Waals surface area contributed by atoms with Gasteiger partial charge in [-0.2, -0.15) is 0 Å². The van der Waals surface area contributed by atoms with Crippen LogP contribution in [0.3, 0.4) is 0 Å². The van der Waals surface area contributed by atoms with E-state index in [4.69, 9.17) is 23.7 Å². The summed E-state index contributed by atoms with van der Waals surface area (Å²) in [6, 6.07) is 0. The number of ether oxygens (including phenoxy) is 5. The number of epoxide rings is 1. The zero-order valence-corrected chi connectivity index (χ0v) is 10.9. The first-order valence-corrected chi connectivity index (χ1v) is 6.24. The van der Waals surface area contributed by atoms with Crippen molar-refractivity contribution in [3.05, 3.63) is 0 Å². The smallest absolute Gasteiger partial charge is 0.104 e. The van der Waals surface area contributed by atoms with Crippen molar-refractivity contribution in [2.24, 2.45) is 0 Å². The van der Waals surface area contributed by atoms with Crippen LogP contribution in [0.15, 0.2) is 0 Å². The van der Waals surface area contributed by atoms with Gasteiger partial charge in [-0.1, -0.05) is 6.92 Å². The molecule has 2 unspecified atom stereocenters. The first-order chi connectivity index (χ1) is 8.36. The van der Waals surface area contributed by atoms with Crippen LogP contribution in [0.25, 0.3) is 0 Å². The molecule has 1 saturated heterocycles. The first kappa shape index (κ1) is 14.9. The van der Waals surface area contributed by atoms with Crippen molar-refractivity contribution in [1.82, 2.24) is 0 Å². The molecule has 0 aromatic rings. The lowest BCUT2D eigenvalue weighted by Crippen LogP contribution is -2.19. The molecule has 0 aliphatic carbocycles. The van der Waals surface area contributed by atoms with Gasteiger partial charge in [-0.05, 0) is 6.42 Å². The SMILES string of the molecule is CCC(COCCOCCOCC1CO1)OC. The summed E-state index contributed by atoms with van der Waals surface area (Å²) in [4.78, 5) is 0. The summed E-state index contributed by atoms with van der Waals surface area (Å²) in [7, 11) is 1.70. The molecule has 0 spiro atoms. The summed E-state index contributed by atoms with van der Waals surface area (Å²) in [5, 5.41) is 0. The van der Waals surface area contributed by atoms with Crippen molar-refractivity contribution in [1.29, 1.82) is 0 Å². The van der Waals surface area contributed by atoms with Crippen molar-refractivity contribution in [2.75, 3.05) is 53.4 Å². The van der Waals surface area contributed by atoms with E-state index >= 15 is 0 Å². The Bertz CT molecular complexity index is 168. The fraction of sp³-hybridized carbons (Fsp3) is 1.00. The van der Waals surface area contributed by atoms with Crippen molar-refractivity contribution < 1.29 is 23.7 Å². The molecular weight excluding hydrogens is 224 g/mol. The third-order valence-electron chi connectivity index (χ3n) is 2.54. The lowest BCUT2D eigenvalue weighted by Gasteiger charge is -2.13. The van der Waals surface area contributed by atoms with Gasteiger partial charge in [0, 0.05) is 7.11 Å². The molecule has 0 aromatic carbocycles. The summed E-state index contributed by atoms with van der Waals surface area (Å²) in [6.45, 7) is 6.67. The monoisotopic (exact) mass is 248 g/mol. The van der Waals surface area contributed by atoms with Crippen LogP contribution in [-0.4, -0.2) is 65.6 Å². The van der Waals surface area contributed by atoms with Gasteiger partial charge in [0.2, 0.25) is 0 Å². The van der Waals surface area contributed by atoms with E-state index in [0.29, 0.717) is 45.7 Å². The van der Waals surface area contributed by atoms with E-state index in [1.165, 1.54) is 0 Å². The average Bonchev–Trinajstić information content (AvgIpc) is 3.16. The quantitative estimate of drug-likeness (QED) is 0.379. The third-order valence-corrected chi connectivity index (χ3v) is 2.54. The van der Waals surface area contributed by atoms with Crippen LogP contribution in [0, 0.1) is 0 Å². The maximum atomic E-state index is 5.42. The van der Waals surface area contributed by atoms with Gasteiger partial charge >= 0.3 is 0 Å². The Morgan fingerprint density at radius 1 is 1.12 bits per heavy atom. The van der Waals surface area contributed by atoms with Crippen LogP contribution in [0.5, 0.6) is 0 Å². The second-order valence-electron chi connectivity index (χ2n) is 3.98. The van der Waals surface area contributed by atoms with Crippen molar-refractivity contribution >= 4 is 0 Å². The zero-order valence-electron chi connectivity index (χ0n) is 10.9. The second kappa shape index (κ2) is 9.79. The molecule has 102 valence electrons. The lowest BCUT2D eigenvalue weighted by molar-refractivity contribution is -0.0232. The Balaban J connectivity index is 1.71. The molecular formula is C12H24O5. The molecule has 0 bridgehead atoms. The molecule has 2 atom stereocenters. The Hall–Kier alpha value is -0.200. The van der Waals surface area contributed by atoms with Gasteiger partial charge < -0.3 is 23.7 Å². The summed E-state index contributed by atoms with van der Waals surface area (Å²) >= 11 is 0. The minimum atomic E-state index is 0.192. The van der Waals surface area contributed by atoms with Crippen molar-refractivity contribution in [2.45, 2.75) is 25.6 Å². The molecule has 1 aliphatic rings. The minimum absolute atomic E-state index is 0.192. The molecule has 1 fully saturated rings. The number of hydrogen-bond acceptors (Lipinski definition) is 5. The Morgan fingerprint density at radius 3 is 2.35 bits per heavy atom. The molecule has 1 aliphatic heterocycles. The van der Waals surface area contributed by atoms with Crippen LogP contribution in [0.2, 0.25) is 0 Å². The van der Waals surface area contributed by atoms with E-state index in [0.717, 1.165) is 13.0 Å². The van der Waals surface area contributed by atoms with Gasteiger partial charge in [0.25, 0.3) is 0 Å². The van der Waals surface area contributed by atoms with E-state index in [-0.39, 0.29) is 6.10 Å². The molecule has 0 N–H and O–H groups in total. The zero-order chi connectivity index (χ0) is 12.3. The van der Waals surface area contributed by atoms with E-state index in [2.05, 4.69) is 6.92 Å². The molecule has 1 heterocycles. The standard InChI is InChI=1S/C12H24O5/c1-3-11(13-2)8-15-6-4-14-5-7-16-9-12-10-17-12/h11-12H,3-10H2,1-2H3. The third kappa shape index (κ3) is 8.51. The highest BCUT2D eigenvalue weighted by Crippen LogP contribution is 2.07. The summed E-state index contributed by atoms with van der Waals surface area (Å²) in [5.41, 5.74) is 0.